The minimum Gasteiger partial charge on any atom is -0.490 e. The van der Waals surface area contributed by atoms with Gasteiger partial charge in [0.15, 0.2) is 11.5 Å². The van der Waals surface area contributed by atoms with Crippen LogP contribution >= 0.6 is 22.6 Å². The van der Waals surface area contributed by atoms with Gasteiger partial charge in [0.1, 0.15) is 6.61 Å². The molecule has 4 nitrogen and oxygen atoms in total. The fraction of sp³-hybridized carbons (Fsp3) is 0.250. The summed E-state index contributed by atoms with van der Waals surface area (Å²) < 4.78 is 12.1. The van der Waals surface area contributed by atoms with Gasteiger partial charge in [-0.15, -0.1) is 0 Å². The van der Waals surface area contributed by atoms with Crippen molar-refractivity contribution in [3.8, 4) is 11.5 Å². The second-order valence-electron chi connectivity index (χ2n) is 3.14. The van der Waals surface area contributed by atoms with Crippen molar-refractivity contribution >= 4 is 28.8 Å². The van der Waals surface area contributed by atoms with Gasteiger partial charge >= 0.3 is 0 Å². The third-order valence-corrected chi connectivity index (χ3v) is 2.70. The molecular formula is C12H15IN2O2. The van der Waals surface area contributed by atoms with Gasteiger partial charge in [0.25, 0.3) is 0 Å². The average Bonchev–Trinajstić information content (AvgIpc) is 2.29. The molecule has 0 radical (unpaired) electrons. The van der Waals surface area contributed by atoms with Crippen molar-refractivity contribution in [2.75, 3.05) is 13.2 Å². The summed E-state index contributed by atoms with van der Waals surface area (Å²) in [6, 6.07) is 3.78. The lowest BCUT2D eigenvalue weighted by atomic mass is 10.2. The van der Waals surface area contributed by atoms with Crippen LogP contribution in [-0.4, -0.2) is 19.4 Å². The lowest BCUT2D eigenvalue weighted by molar-refractivity contribution is 0.295. The van der Waals surface area contributed by atoms with E-state index in [0.717, 1.165) is 14.9 Å². The van der Waals surface area contributed by atoms with Gasteiger partial charge in [0.2, 0.25) is 0 Å². The van der Waals surface area contributed by atoms with Crippen LogP contribution in [0.5, 0.6) is 11.5 Å². The van der Waals surface area contributed by atoms with Gasteiger partial charge in [0, 0.05) is 0 Å². The molecular weight excluding hydrogens is 331 g/mol. The van der Waals surface area contributed by atoms with Gasteiger partial charge in [0.05, 0.1) is 16.4 Å². The van der Waals surface area contributed by atoms with Crippen LogP contribution in [0.15, 0.2) is 29.9 Å². The summed E-state index contributed by atoms with van der Waals surface area (Å²) in [6.07, 6.45) is 3.27. The van der Waals surface area contributed by atoms with Crippen molar-refractivity contribution in [1.82, 2.24) is 0 Å². The Labute approximate surface area is 115 Å². The van der Waals surface area contributed by atoms with Gasteiger partial charge in [-0.1, -0.05) is 12.7 Å². The molecule has 2 N–H and O–H groups in total. The standard InChI is InChI=1S/C12H15IN2O2/c1-3-5-17-12-10(13)6-9(8-15-14)7-11(12)16-4-2/h3,6-8H,1,4-5,14H2,2H3. The molecule has 0 aliphatic heterocycles. The van der Waals surface area contributed by atoms with Crippen LogP contribution in [0, 0.1) is 3.57 Å². The van der Waals surface area contributed by atoms with Crippen LogP contribution in [0.1, 0.15) is 12.5 Å². The van der Waals surface area contributed by atoms with E-state index in [9.17, 15) is 0 Å². The minimum absolute atomic E-state index is 0.445. The van der Waals surface area contributed by atoms with Crippen molar-refractivity contribution in [3.63, 3.8) is 0 Å². The number of benzene rings is 1. The highest BCUT2D eigenvalue weighted by Gasteiger charge is 2.11. The Morgan fingerprint density at radius 3 is 2.82 bits per heavy atom. The lowest BCUT2D eigenvalue weighted by Gasteiger charge is -2.13. The largest absolute Gasteiger partial charge is 0.490 e. The summed E-state index contributed by atoms with van der Waals surface area (Å²) in [5.41, 5.74) is 0.881. The normalized spacial score (nSPS) is 10.5. The summed E-state index contributed by atoms with van der Waals surface area (Å²) in [4.78, 5) is 0. The molecule has 0 aliphatic carbocycles. The summed E-state index contributed by atoms with van der Waals surface area (Å²) in [5.74, 6) is 6.55. The first-order valence-electron chi connectivity index (χ1n) is 5.16. The molecule has 0 unspecified atom stereocenters. The second-order valence-corrected chi connectivity index (χ2v) is 4.30. The van der Waals surface area contributed by atoms with Crippen LogP contribution in [0.25, 0.3) is 0 Å². The lowest BCUT2D eigenvalue weighted by Crippen LogP contribution is -2.02. The number of rotatable bonds is 6. The van der Waals surface area contributed by atoms with Crippen LogP contribution < -0.4 is 15.3 Å². The van der Waals surface area contributed by atoms with Gasteiger partial charge < -0.3 is 15.3 Å². The van der Waals surface area contributed by atoms with Crippen LogP contribution in [0.2, 0.25) is 0 Å². The number of nitrogens with zero attached hydrogens (tertiary/aromatic N) is 1. The van der Waals surface area contributed by atoms with E-state index in [1.54, 1.807) is 12.3 Å². The molecule has 1 aromatic carbocycles. The van der Waals surface area contributed by atoms with E-state index < -0.39 is 0 Å². The maximum absolute atomic E-state index is 5.58. The van der Waals surface area contributed by atoms with E-state index in [-0.39, 0.29) is 0 Å². The minimum atomic E-state index is 0.445. The molecule has 1 rings (SSSR count). The summed E-state index contributed by atoms with van der Waals surface area (Å²) in [7, 11) is 0. The highest BCUT2D eigenvalue weighted by Crippen LogP contribution is 2.33. The highest BCUT2D eigenvalue weighted by atomic mass is 127. The Hall–Kier alpha value is -1.24. The first kappa shape index (κ1) is 13.8. The van der Waals surface area contributed by atoms with Gasteiger partial charge in [-0.25, -0.2) is 0 Å². The quantitative estimate of drug-likeness (QED) is 0.283. The Kier molecular flexibility index (Phi) is 5.82. The molecule has 1 aromatic rings. The Morgan fingerprint density at radius 1 is 1.47 bits per heavy atom. The number of ether oxygens (including phenoxy) is 2. The Bertz CT molecular complexity index is 419. The van der Waals surface area contributed by atoms with Crippen LogP contribution in [0.3, 0.4) is 0 Å². The number of nitrogens with two attached hydrogens (primary N) is 1. The van der Waals surface area contributed by atoms with Gasteiger partial charge in [-0.05, 0) is 47.2 Å². The molecule has 0 aliphatic rings. The van der Waals surface area contributed by atoms with Crippen molar-refractivity contribution in [2.24, 2.45) is 10.9 Å². The molecule has 0 fully saturated rings. The van der Waals surface area contributed by atoms with Crippen LogP contribution in [-0.2, 0) is 0 Å². The first-order chi connectivity index (χ1) is 8.22. The van der Waals surface area contributed by atoms with E-state index in [4.69, 9.17) is 15.3 Å². The second kappa shape index (κ2) is 7.16. The predicted octanol–water partition coefficient (Wildman–Crippen LogP) is 2.55. The molecule has 17 heavy (non-hydrogen) atoms. The van der Waals surface area contributed by atoms with E-state index in [1.165, 1.54) is 0 Å². The monoisotopic (exact) mass is 346 g/mol. The summed E-state index contributed by atoms with van der Waals surface area (Å²) in [5, 5.41) is 3.50. The third kappa shape index (κ3) is 3.92. The smallest absolute Gasteiger partial charge is 0.174 e. The molecule has 0 bridgehead atoms. The fourth-order valence-electron chi connectivity index (χ4n) is 1.29. The molecule has 5 heteroatoms. The molecule has 0 saturated heterocycles. The number of hydrazone groups is 1. The Morgan fingerprint density at radius 2 is 2.24 bits per heavy atom. The van der Waals surface area contributed by atoms with Crippen molar-refractivity contribution in [2.45, 2.75) is 6.92 Å². The average molecular weight is 346 g/mol. The molecule has 0 amide bonds. The van der Waals surface area contributed by atoms with E-state index in [2.05, 4.69) is 34.3 Å². The topological polar surface area (TPSA) is 56.8 Å². The predicted molar refractivity (Wildman–Crippen MR) is 77.8 cm³/mol. The summed E-state index contributed by atoms with van der Waals surface area (Å²) >= 11 is 2.19. The van der Waals surface area contributed by atoms with Crippen LogP contribution in [0.4, 0.5) is 0 Å². The molecule has 0 atom stereocenters. The summed E-state index contributed by atoms with van der Waals surface area (Å²) in [6.45, 7) is 6.56. The molecule has 0 spiro atoms. The van der Waals surface area contributed by atoms with Gasteiger partial charge in [-0.3, -0.25) is 0 Å². The van der Waals surface area contributed by atoms with Crippen molar-refractivity contribution < 1.29 is 9.47 Å². The van der Waals surface area contributed by atoms with Crippen molar-refractivity contribution in [3.05, 3.63) is 33.9 Å². The molecule has 0 aromatic heterocycles. The third-order valence-electron chi connectivity index (χ3n) is 1.90. The number of halogens is 1. The maximum atomic E-state index is 5.58. The van der Waals surface area contributed by atoms with E-state index in [0.29, 0.717) is 19.0 Å². The van der Waals surface area contributed by atoms with E-state index >= 15 is 0 Å². The molecule has 0 heterocycles. The zero-order valence-corrected chi connectivity index (χ0v) is 11.8. The molecule has 0 saturated carbocycles. The van der Waals surface area contributed by atoms with Gasteiger partial charge in [-0.2, -0.15) is 5.10 Å². The number of hydrogen-bond acceptors (Lipinski definition) is 4. The fourth-order valence-corrected chi connectivity index (χ4v) is 2.07. The maximum Gasteiger partial charge on any atom is 0.174 e. The Balaban J connectivity index is 3.12. The SMILES string of the molecule is C=CCOc1c(I)cc(C=NN)cc1OCC. The van der Waals surface area contributed by atoms with Crippen molar-refractivity contribution in [1.29, 1.82) is 0 Å². The zero-order chi connectivity index (χ0) is 12.7. The number of hydrogen-bond donors (Lipinski definition) is 1. The zero-order valence-electron chi connectivity index (χ0n) is 9.65. The highest BCUT2D eigenvalue weighted by molar-refractivity contribution is 14.1. The molecule has 92 valence electrons. The first-order valence-corrected chi connectivity index (χ1v) is 6.24. The van der Waals surface area contributed by atoms with E-state index in [1.807, 2.05) is 19.1 Å².